The van der Waals surface area contributed by atoms with Crippen LogP contribution in [0.3, 0.4) is 0 Å². The second-order valence-electron chi connectivity index (χ2n) is 6.64. The van der Waals surface area contributed by atoms with Crippen LogP contribution in [0.2, 0.25) is 0 Å². The van der Waals surface area contributed by atoms with Crippen molar-refractivity contribution in [2.75, 3.05) is 4.90 Å². The Morgan fingerprint density at radius 1 is 0.933 bits per heavy atom. The van der Waals surface area contributed by atoms with E-state index in [2.05, 4.69) is 5.32 Å². The molecular weight excluding hydrogens is 402 g/mol. The number of furan rings is 1. The molecule has 3 heterocycles. The number of imide groups is 1. The van der Waals surface area contributed by atoms with Gasteiger partial charge in [-0.15, -0.1) is 0 Å². The highest BCUT2D eigenvalue weighted by Gasteiger charge is 2.33. The lowest BCUT2D eigenvalue weighted by molar-refractivity contribution is -0.113. The SMILES string of the molecule is N=C1S/C(=C\c2ccc(-c3ccc4c(c3)C(=O)NC4=O)o2)C(=O)N1c1ccccc1. The minimum atomic E-state index is -0.432. The van der Waals surface area contributed by atoms with Crippen molar-refractivity contribution < 1.29 is 18.8 Å². The topological polar surface area (TPSA) is 103 Å². The molecule has 3 aromatic rings. The molecule has 2 aromatic carbocycles. The van der Waals surface area contributed by atoms with E-state index in [0.29, 0.717) is 38.8 Å². The Morgan fingerprint density at radius 2 is 1.70 bits per heavy atom. The average Bonchev–Trinajstić information content (AvgIpc) is 3.40. The maximum Gasteiger partial charge on any atom is 0.271 e. The van der Waals surface area contributed by atoms with E-state index in [4.69, 9.17) is 9.83 Å². The fraction of sp³-hybridized carbons (Fsp3) is 0. The third-order valence-corrected chi connectivity index (χ3v) is 5.65. The zero-order chi connectivity index (χ0) is 20.8. The molecule has 2 aliphatic rings. The van der Waals surface area contributed by atoms with Gasteiger partial charge in [0, 0.05) is 11.6 Å². The van der Waals surface area contributed by atoms with Crippen molar-refractivity contribution in [1.29, 1.82) is 5.41 Å². The molecule has 3 amide bonds. The zero-order valence-electron chi connectivity index (χ0n) is 15.3. The molecule has 0 spiro atoms. The van der Waals surface area contributed by atoms with Crippen molar-refractivity contribution >= 4 is 46.4 Å². The molecule has 0 saturated carbocycles. The van der Waals surface area contributed by atoms with E-state index >= 15 is 0 Å². The summed E-state index contributed by atoms with van der Waals surface area (Å²) in [5, 5.41) is 10.5. The number of thioether (sulfide) groups is 1. The number of nitrogens with zero attached hydrogens (tertiary/aromatic N) is 1. The number of hydrogen-bond acceptors (Lipinski definition) is 6. The van der Waals surface area contributed by atoms with Crippen LogP contribution in [0.5, 0.6) is 0 Å². The zero-order valence-corrected chi connectivity index (χ0v) is 16.2. The van der Waals surface area contributed by atoms with Crippen LogP contribution >= 0.6 is 11.8 Å². The molecule has 2 aliphatic heterocycles. The molecule has 7 nitrogen and oxygen atoms in total. The fourth-order valence-electron chi connectivity index (χ4n) is 3.33. The first-order valence-corrected chi connectivity index (χ1v) is 9.80. The molecule has 1 fully saturated rings. The summed E-state index contributed by atoms with van der Waals surface area (Å²) < 4.78 is 5.83. The Hall–Kier alpha value is -3.91. The van der Waals surface area contributed by atoms with Gasteiger partial charge >= 0.3 is 0 Å². The summed E-state index contributed by atoms with van der Waals surface area (Å²) in [6.07, 6.45) is 1.59. The highest BCUT2D eigenvalue weighted by atomic mass is 32.2. The van der Waals surface area contributed by atoms with Gasteiger partial charge in [-0.2, -0.15) is 0 Å². The van der Waals surface area contributed by atoms with Crippen LogP contribution < -0.4 is 10.2 Å². The van der Waals surface area contributed by atoms with Gasteiger partial charge in [0.15, 0.2) is 5.17 Å². The smallest absolute Gasteiger partial charge is 0.271 e. The van der Waals surface area contributed by atoms with Crippen LogP contribution in [0.1, 0.15) is 26.5 Å². The first-order valence-electron chi connectivity index (χ1n) is 8.99. The van der Waals surface area contributed by atoms with E-state index < -0.39 is 11.8 Å². The molecule has 0 atom stereocenters. The van der Waals surface area contributed by atoms with Gasteiger partial charge < -0.3 is 4.42 Å². The van der Waals surface area contributed by atoms with E-state index in [1.54, 1.807) is 48.5 Å². The molecule has 30 heavy (non-hydrogen) atoms. The van der Waals surface area contributed by atoms with Crippen LogP contribution in [0, 0.1) is 5.41 Å². The average molecular weight is 415 g/mol. The molecule has 8 heteroatoms. The molecular formula is C22H13N3O4S. The minimum absolute atomic E-state index is 0.124. The lowest BCUT2D eigenvalue weighted by atomic mass is 10.0. The van der Waals surface area contributed by atoms with Crippen molar-refractivity contribution in [3.8, 4) is 11.3 Å². The summed E-state index contributed by atoms with van der Waals surface area (Å²) in [6, 6.07) is 17.4. The highest BCUT2D eigenvalue weighted by Crippen LogP contribution is 2.36. The van der Waals surface area contributed by atoms with Crippen LogP contribution in [0.15, 0.2) is 70.0 Å². The van der Waals surface area contributed by atoms with Crippen molar-refractivity contribution in [3.63, 3.8) is 0 Å². The normalized spacial score (nSPS) is 17.1. The van der Waals surface area contributed by atoms with Crippen molar-refractivity contribution in [3.05, 3.63) is 82.5 Å². The quantitative estimate of drug-likeness (QED) is 0.499. The predicted octanol–water partition coefficient (Wildman–Crippen LogP) is 3.89. The highest BCUT2D eigenvalue weighted by molar-refractivity contribution is 8.19. The number of amidine groups is 1. The lowest BCUT2D eigenvalue weighted by Gasteiger charge is -2.13. The van der Waals surface area contributed by atoms with Crippen LogP contribution in [0.25, 0.3) is 17.4 Å². The van der Waals surface area contributed by atoms with E-state index in [1.165, 1.54) is 4.90 Å². The number of anilines is 1. The Bertz CT molecular complexity index is 1280. The second-order valence-corrected chi connectivity index (χ2v) is 7.67. The third-order valence-electron chi connectivity index (χ3n) is 4.76. The van der Waals surface area contributed by atoms with Crippen LogP contribution in [0.4, 0.5) is 5.69 Å². The van der Waals surface area contributed by atoms with E-state index in [0.717, 1.165) is 11.8 Å². The van der Waals surface area contributed by atoms with Gasteiger partial charge in [-0.05, 0) is 48.2 Å². The summed E-state index contributed by atoms with van der Waals surface area (Å²) in [7, 11) is 0. The molecule has 0 bridgehead atoms. The maximum absolute atomic E-state index is 12.8. The summed E-state index contributed by atoms with van der Waals surface area (Å²) in [4.78, 5) is 38.1. The van der Waals surface area contributed by atoms with Crippen molar-refractivity contribution in [2.24, 2.45) is 0 Å². The fourth-order valence-corrected chi connectivity index (χ4v) is 4.18. The van der Waals surface area contributed by atoms with Crippen LogP contribution in [-0.2, 0) is 4.79 Å². The monoisotopic (exact) mass is 415 g/mol. The van der Waals surface area contributed by atoms with Crippen LogP contribution in [-0.4, -0.2) is 22.9 Å². The summed E-state index contributed by atoms with van der Waals surface area (Å²) in [5.41, 5.74) is 1.93. The summed E-state index contributed by atoms with van der Waals surface area (Å²) >= 11 is 1.06. The minimum Gasteiger partial charge on any atom is -0.457 e. The van der Waals surface area contributed by atoms with Gasteiger partial charge in [-0.1, -0.05) is 24.3 Å². The van der Waals surface area contributed by atoms with Crippen molar-refractivity contribution in [1.82, 2.24) is 5.32 Å². The first-order chi connectivity index (χ1) is 14.5. The van der Waals surface area contributed by atoms with Gasteiger partial charge in [-0.3, -0.25) is 30.0 Å². The Morgan fingerprint density at radius 3 is 2.50 bits per heavy atom. The van der Waals surface area contributed by atoms with Gasteiger partial charge in [-0.25, -0.2) is 0 Å². The molecule has 5 rings (SSSR count). The summed E-state index contributed by atoms with van der Waals surface area (Å²) in [5.74, 6) is -0.180. The maximum atomic E-state index is 12.8. The number of benzene rings is 2. The van der Waals surface area contributed by atoms with E-state index in [1.807, 2.05) is 18.2 Å². The molecule has 2 N–H and O–H groups in total. The number of hydrogen-bond donors (Lipinski definition) is 2. The lowest BCUT2D eigenvalue weighted by Crippen LogP contribution is -2.27. The third kappa shape index (κ3) is 2.94. The number of rotatable bonds is 3. The van der Waals surface area contributed by atoms with E-state index in [-0.39, 0.29) is 11.1 Å². The summed E-state index contributed by atoms with van der Waals surface area (Å²) in [6.45, 7) is 0. The molecule has 0 radical (unpaired) electrons. The number of amides is 3. The van der Waals surface area contributed by atoms with Crippen molar-refractivity contribution in [2.45, 2.75) is 0 Å². The molecule has 0 unspecified atom stereocenters. The molecule has 1 aromatic heterocycles. The van der Waals surface area contributed by atoms with Gasteiger partial charge in [0.1, 0.15) is 11.5 Å². The van der Waals surface area contributed by atoms with Gasteiger partial charge in [0.2, 0.25) is 0 Å². The number of fused-ring (bicyclic) bond motifs is 1. The molecule has 1 saturated heterocycles. The number of carbonyl (C=O) groups is 3. The molecule has 0 aliphatic carbocycles. The Balaban J connectivity index is 1.43. The Kier molecular flexibility index (Phi) is 4.14. The number of nitrogens with one attached hydrogen (secondary N) is 2. The standard InChI is InChI=1S/C22H13N3O4S/c23-22-25(13-4-2-1-3-5-13)21(28)18(30-22)11-14-7-9-17(29-14)12-6-8-15-16(10-12)20(27)24-19(15)26/h1-11,23H,(H,24,26,27)/b18-11-,23-22?. The van der Waals surface area contributed by atoms with Gasteiger partial charge in [0.25, 0.3) is 17.7 Å². The number of carbonyl (C=O) groups excluding carboxylic acids is 3. The first kappa shape index (κ1) is 18.1. The molecule has 146 valence electrons. The van der Waals surface area contributed by atoms with E-state index in [9.17, 15) is 14.4 Å². The Labute approximate surface area is 174 Å². The predicted molar refractivity (Wildman–Crippen MR) is 113 cm³/mol. The number of para-hydroxylation sites is 1. The largest absolute Gasteiger partial charge is 0.457 e. The second kappa shape index (κ2) is 6.85. The van der Waals surface area contributed by atoms with Gasteiger partial charge in [0.05, 0.1) is 21.7 Å².